The van der Waals surface area contributed by atoms with Gasteiger partial charge in [-0.05, 0) is 6.42 Å². The quantitative estimate of drug-likeness (QED) is 0.201. The molecule has 0 N–H and O–H groups in total. The number of unbranched alkanes of at least 4 members (excludes halogenated alkanes) is 6. The summed E-state index contributed by atoms with van der Waals surface area (Å²) in [6.45, 7) is 1.96. The Morgan fingerprint density at radius 1 is 0.739 bits per heavy atom. The fraction of sp³-hybridized carbons (Fsp3) is 0.562. The summed E-state index contributed by atoms with van der Waals surface area (Å²) in [4.78, 5) is 11.5. The molecule has 0 bridgehead atoms. The van der Waals surface area contributed by atoms with Crippen molar-refractivity contribution in [3.63, 3.8) is 0 Å². The monoisotopic (exact) mass is 338 g/mol. The number of hydrogen-bond acceptors (Lipinski definition) is 2. The first-order valence-corrected chi connectivity index (χ1v) is 7.60. The van der Waals surface area contributed by atoms with Crippen LogP contribution in [0, 0.1) is 29.1 Å². The largest absolute Gasteiger partial charge is 0.462 e. The maximum Gasteiger partial charge on any atom is 0.344 e. The topological polar surface area (TPSA) is 26.3 Å². The van der Waals surface area contributed by atoms with E-state index in [4.69, 9.17) is 0 Å². The fourth-order valence-electron chi connectivity index (χ4n) is 2.08. The summed E-state index contributed by atoms with van der Waals surface area (Å²) in [5, 5.41) is 0. The van der Waals surface area contributed by atoms with Crippen molar-refractivity contribution >= 4 is 5.97 Å². The normalized spacial score (nSPS) is 10.9. The molecular weight excluding hydrogens is 319 g/mol. The minimum atomic E-state index is -2.30. The van der Waals surface area contributed by atoms with Crippen molar-refractivity contribution in [1.29, 1.82) is 0 Å². The van der Waals surface area contributed by atoms with Crippen LogP contribution < -0.4 is 0 Å². The molecule has 0 spiro atoms. The van der Waals surface area contributed by atoms with Gasteiger partial charge in [0.25, 0.3) is 0 Å². The van der Waals surface area contributed by atoms with Gasteiger partial charge in [-0.25, -0.2) is 26.7 Å². The van der Waals surface area contributed by atoms with Crippen LogP contribution in [-0.4, -0.2) is 12.6 Å². The number of hydrogen-bond donors (Lipinski definition) is 0. The van der Waals surface area contributed by atoms with Gasteiger partial charge in [0.2, 0.25) is 5.82 Å². The average Bonchev–Trinajstić information content (AvgIpc) is 2.53. The maximum absolute atomic E-state index is 13.4. The average molecular weight is 338 g/mol. The van der Waals surface area contributed by atoms with Gasteiger partial charge in [-0.3, -0.25) is 0 Å². The highest BCUT2D eigenvalue weighted by molar-refractivity contribution is 5.90. The maximum atomic E-state index is 13.4. The molecule has 0 fully saturated rings. The van der Waals surface area contributed by atoms with Crippen molar-refractivity contribution in [2.24, 2.45) is 0 Å². The lowest BCUT2D eigenvalue weighted by molar-refractivity contribution is 0.0483. The van der Waals surface area contributed by atoms with Crippen molar-refractivity contribution < 1.29 is 31.5 Å². The number of halogens is 5. The van der Waals surface area contributed by atoms with E-state index in [1.807, 2.05) is 0 Å². The third-order valence-electron chi connectivity index (χ3n) is 3.39. The molecule has 0 aliphatic carbocycles. The standard InChI is InChI=1S/C16H19F5O2/c1-2-3-4-5-6-7-8-9-23-16(22)10-11(17)13(19)15(21)14(20)12(10)18/h2-9H2,1H3. The molecule has 7 heteroatoms. The molecular formula is C16H19F5O2. The first-order valence-electron chi connectivity index (χ1n) is 7.60. The molecule has 0 aromatic heterocycles. The predicted octanol–water partition coefficient (Wildman–Crippen LogP) is 5.29. The first-order chi connectivity index (χ1) is 10.9. The van der Waals surface area contributed by atoms with Crippen molar-refractivity contribution in [1.82, 2.24) is 0 Å². The minimum Gasteiger partial charge on any atom is -0.462 e. The molecule has 1 aromatic rings. The summed E-state index contributed by atoms with van der Waals surface area (Å²) in [5.74, 6) is -12.5. The third kappa shape index (κ3) is 5.18. The molecule has 0 saturated heterocycles. The lowest BCUT2D eigenvalue weighted by Crippen LogP contribution is -2.15. The van der Waals surface area contributed by atoms with Crippen LogP contribution in [-0.2, 0) is 4.74 Å². The summed E-state index contributed by atoms with van der Waals surface area (Å²) in [6, 6.07) is 0. The van der Waals surface area contributed by atoms with Gasteiger partial charge in [-0.1, -0.05) is 45.4 Å². The van der Waals surface area contributed by atoms with E-state index in [1.54, 1.807) is 0 Å². The van der Waals surface area contributed by atoms with Crippen molar-refractivity contribution in [3.05, 3.63) is 34.6 Å². The Morgan fingerprint density at radius 3 is 1.70 bits per heavy atom. The Labute approximate surface area is 131 Å². The summed E-state index contributed by atoms with van der Waals surface area (Å²) in [5.41, 5.74) is -1.55. The molecule has 0 aliphatic rings. The number of benzene rings is 1. The number of ether oxygens (including phenoxy) is 1. The number of carbonyl (C=O) groups is 1. The summed E-state index contributed by atoms with van der Waals surface area (Å²) in [6.07, 6.45) is 6.58. The zero-order valence-corrected chi connectivity index (χ0v) is 12.9. The lowest BCUT2D eigenvalue weighted by Gasteiger charge is -2.08. The van der Waals surface area contributed by atoms with E-state index in [2.05, 4.69) is 11.7 Å². The van der Waals surface area contributed by atoms with Crippen LogP contribution in [0.25, 0.3) is 0 Å². The molecule has 23 heavy (non-hydrogen) atoms. The van der Waals surface area contributed by atoms with Crippen LogP contribution in [0.2, 0.25) is 0 Å². The van der Waals surface area contributed by atoms with E-state index < -0.39 is 40.6 Å². The van der Waals surface area contributed by atoms with Crippen LogP contribution in [0.4, 0.5) is 22.0 Å². The van der Waals surface area contributed by atoms with Crippen LogP contribution in [0.1, 0.15) is 62.2 Å². The van der Waals surface area contributed by atoms with E-state index in [1.165, 1.54) is 0 Å². The predicted molar refractivity (Wildman–Crippen MR) is 74.5 cm³/mol. The molecule has 1 aromatic carbocycles. The van der Waals surface area contributed by atoms with Crippen molar-refractivity contribution in [2.75, 3.05) is 6.61 Å². The van der Waals surface area contributed by atoms with E-state index in [9.17, 15) is 26.7 Å². The van der Waals surface area contributed by atoms with Crippen LogP contribution in [0.5, 0.6) is 0 Å². The molecule has 2 nitrogen and oxygen atoms in total. The van der Waals surface area contributed by atoms with Crippen LogP contribution in [0.3, 0.4) is 0 Å². The SMILES string of the molecule is CCCCCCCCCOC(=O)c1c(F)c(F)c(F)c(F)c1F. The smallest absolute Gasteiger partial charge is 0.344 e. The summed E-state index contributed by atoms with van der Waals surface area (Å²) < 4.78 is 70.2. The number of rotatable bonds is 9. The lowest BCUT2D eigenvalue weighted by atomic mass is 10.1. The fourth-order valence-corrected chi connectivity index (χ4v) is 2.08. The van der Waals surface area contributed by atoms with Gasteiger partial charge in [-0.15, -0.1) is 0 Å². The highest BCUT2D eigenvalue weighted by Crippen LogP contribution is 2.23. The zero-order valence-electron chi connectivity index (χ0n) is 12.9. The second-order valence-corrected chi connectivity index (χ2v) is 5.20. The first kappa shape index (κ1) is 19.4. The summed E-state index contributed by atoms with van der Waals surface area (Å²) in [7, 11) is 0. The Balaban J connectivity index is 2.50. The molecule has 130 valence electrons. The van der Waals surface area contributed by atoms with Gasteiger partial charge >= 0.3 is 5.97 Å². The molecule has 0 heterocycles. The molecule has 0 radical (unpaired) electrons. The molecule has 0 amide bonds. The van der Waals surface area contributed by atoms with Crippen molar-refractivity contribution in [2.45, 2.75) is 51.9 Å². The van der Waals surface area contributed by atoms with Gasteiger partial charge in [0.15, 0.2) is 23.3 Å². The zero-order chi connectivity index (χ0) is 17.4. The van der Waals surface area contributed by atoms with Gasteiger partial charge < -0.3 is 4.74 Å². The van der Waals surface area contributed by atoms with E-state index in [0.29, 0.717) is 6.42 Å². The molecule has 0 atom stereocenters. The third-order valence-corrected chi connectivity index (χ3v) is 3.39. The van der Waals surface area contributed by atoms with Crippen molar-refractivity contribution in [3.8, 4) is 0 Å². The summed E-state index contributed by atoms with van der Waals surface area (Å²) >= 11 is 0. The molecule has 1 rings (SSSR count). The van der Waals surface area contributed by atoms with E-state index >= 15 is 0 Å². The highest BCUT2D eigenvalue weighted by Gasteiger charge is 2.30. The Hall–Kier alpha value is -1.66. The highest BCUT2D eigenvalue weighted by atomic mass is 19.2. The van der Waals surface area contributed by atoms with Gasteiger partial charge in [0.1, 0.15) is 5.56 Å². The van der Waals surface area contributed by atoms with Gasteiger partial charge in [-0.2, -0.15) is 0 Å². The second-order valence-electron chi connectivity index (χ2n) is 5.20. The Morgan fingerprint density at radius 2 is 1.17 bits per heavy atom. The molecule has 0 saturated carbocycles. The number of esters is 1. The number of carbonyl (C=O) groups excluding carboxylic acids is 1. The van der Waals surface area contributed by atoms with E-state index in [-0.39, 0.29) is 6.61 Å². The molecule has 0 unspecified atom stereocenters. The van der Waals surface area contributed by atoms with Gasteiger partial charge in [0, 0.05) is 0 Å². The second kappa shape index (κ2) is 9.47. The Bertz CT molecular complexity index is 517. The Kier molecular flexibility index (Phi) is 7.98. The minimum absolute atomic E-state index is 0.133. The van der Waals surface area contributed by atoms with Gasteiger partial charge in [0.05, 0.1) is 6.61 Å². The van der Waals surface area contributed by atoms with Crippen LogP contribution in [0.15, 0.2) is 0 Å². The molecule has 0 aliphatic heterocycles. The van der Waals surface area contributed by atoms with E-state index in [0.717, 1.165) is 38.5 Å². The van der Waals surface area contributed by atoms with Crippen LogP contribution >= 0.6 is 0 Å².